The number of H-pyrrole nitrogens is 1. The van der Waals surface area contributed by atoms with Crippen molar-refractivity contribution in [2.45, 2.75) is 20.8 Å². The van der Waals surface area contributed by atoms with Crippen molar-refractivity contribution in [3.63, 3.8) is 0 Å². The minimum atomic E-state index is -0.538. The Kier molecular flexibility index (Phi) is 3.74. The quantitative estimate of drug-likeness (QED) is 0.686. The molecule has 0 aliphatic carbocycles. The average Bonchev–Trinajstić information content (AvgIpc) is 2.59. The van der Waals surface area contributed by atoms with E-state index in [0.29, 0.717) is 5.69 Å². The summed E-state index contributed by atoms with van der Waals surface area (Å²) in [7, 11) is 0. The zero-order valence-electron chi connectivity index (χ0n) is 9.35. The molecule has 6 heteroatoms. The molecule has 16 heavy (non-hydrogen) atoms. The Bertz CT molecular complexity index is 406. The number of rotatable bonds is 1. The second kappa shape index (κ2) is 4.69. The molecule has 0 aromatic carbocycles. The normalized spacial score (nSPS) is 11.0. The van der Waals surface area contributed by atoms with Crippen LogP contribution in [0.1, 0.15) is 31.3 Å². The number of hydrogen-bond donors (Lipinski definition) is 3. The van der Waals surface area contributed by atoms with E-state index < -0.39 is 5.41 Å². The first kappa shape index (κ1) is 12.8. The highest BCUT2D eigenvalue weighted by Crippen LogP contribution is 2.12. The Balaban J connectivity index is 2.51. The van der Waals surface area contributed by atoms with Gasteiger partial charge in [0.2, 0.25) is 5.91 Å². The van der Waals surface area contributed by atoms with Crippen LogP contribution in [0, 0.1) is 5.41 Å². The summed E-state index contributed by atoms with van der Waals surface area (Å²) in [4.78, 5) is 25.7. The molecule has 1 rings (SSSR count). The summed E-state index contributed by atoms with van der Waals surface area (Å²) in [5.74, 6) is -0.630. The lowest BCUT2D eigenvalue weighted by molar-refractivity contribution is -0.129. The van der Waals surface area contributed by atoms with E-state index in [1.807, 2.05) is 0 Å². The molecular formula is C10H14BrN3O2. The smallest absolute Gasteiger partial charge is 0.286 e. The highest BCUT2D eigenvalue weighted by molar-refractivity contribution is 9.10. The monoisotopic (exact) mass is 287 g/mol. The lowest BCUT2D eigenvalue weighted by Crippen LogP contribution is -2.46. The molecule has 0 radical (unpaired) electrons. The van der Waals surface area contributed by atoms with Gasteiger partial charge in [-0.3, -0.25) is 20.4 Å². The van der Waals surface area contributed by atoms with E-state index in [4.69, 9.17) is 0 Å². The fraction of sp³-hybridized carbons (Fsp3) is 0.400. The Morgan fingerprint density at radius 2 is 1.94 bits per heavy atom. The first-order valence-corrected chi connectivity index (χ1v) is 5.54. The number of aromatic amines is 1. The molecule has 0 fully saturated rings. The molecule has 5 nitrogen and oxygen atoms in total. The lowest BCUT2D eigenvalue weighted by Gasteiger charge is -2.17. The average molecular weight is 288 g/mol. The molecule has 0 unspecified atom stereocenters. The summed E-state index contributed by atoms with van der Waals surface area (Å²) in [6.07, 6.45) is 1.64. The van der Waals surface area contributed by atoms with Gasteiger partial charge in [0.05, 0.1) is 0 Å². The molecule has 0 spiro atoms. The molecule has 3 N–H and O–H groups in total. The van der Waals surface area contributed by atoms with Gasteiger partial charge in [0.25, 0.3) is 5.91 Å². The van der Waals surface area contributed by atoms with Crippen molar-refractivity contribution in [1.29, 1.82) is 0 Å². The van der Waals surface area contributed by atoms with Crippen LogP contribution in [0.25, 0.3) is 0 Å². The van der Waals surface area contributed by atoms with Crippen LogP contribution in [-0.2, 0) is 4.79 Å². The molecule has 1 aromatic rings. The molecule has 0 saturated carbocycles. The van der Waals surface area contributed by atoms with Crippen LogP contribution in [-0.4, -0.2) is 16.8 Å². The largest absolute Gasteiger partial charge is 0.356 e. The maximum absolute atomic E-state index is 11.5. The van der Waals surface area contributed by atoms with E-state index in [1.165, 1.54) is 0 Å². The minimum Gasteiger partial charge on any atom is -0.356 e. The van der Waals surface area contributed by atoms with E-state index in [2.05, 4.69) is 31.8 Å². The number of hydrogen-bond acceptors (Lipinski definition) is 2. The number of carbonyl (C=O) groups excluding carboxylic acids is 2. The standard InChI is InChI=1S/C10H14BrN3O2/c1-10(2,3)9(16)14-13-8(15)7-4-6(11)5-12-7/h4-5,12H,1-3H3,(H,13,15)(H,14,16). The van der Waals surface area contributed by atoms with Crippen molar-refractivity contribution >= 4 is 27.7 Å². The fourth-order valence-electron chi connectivity index (χ4n) is 0.867. The molecule has 1 heterocycles. The zero-order valence-corrected chi connectivity index (χ0v) is 10.9. The third-order valence-electron chi connectivity index (χ3n) is 1.86. The van der Waals surface area contributed by atoms with Crippen molar-refractivity contribution in [1.82, 2.24) is 15.8 Å². The van der Waals surface area contributed by atoms with Gasteiger partial charge in [-0.1, -0.05) is 20.8 Å². The van der Waals surface area contributed by atoms with E-state index in [9.17, 15) is 9.59 Å². The number of hydrazine groups is 1. The molecule has 1 aromatic heterocycles. The van der Waals surface area contributed by atoms with E-state index in [1.54, 1.807) is 33.0 Å². The SMILES string of the molecule is CC(C)(C)C(=O)NNC(=O)c1cc(Br)c[nH]1. The Hall–Kier alpha value is -1.30. The van der Waals surface area contributed by atoms with E-state index >= 15 is 0 Å². The maximum Gasteiger partial charge on any atom is 0.286 e. The van der Waals surface area contributed by atoms with Crippen LogP contribution >= 0.6 is 15.9 Å². The summed E-state index contributed by atoms with van der Waals surface area (Å²) in [5, 5.41) is 0. The predicted octanol–water partition coefficient (Wildman–Crippen LogP) is 1.58. The van der Waals surface area contributed by atoms with Crippen LogP contribution in [0.5, 0.6) is 0 Å². The number of aromatic nitrogens is 1. The summed E-state index contributed by atoms with van der Waals surface area (Å²) < 4.78 is 0.778. The fourth-order valence-corrected chi connectivity index (χ4v) is 1.21. The minimum absolute atomic E-state index is 0.244. The van der Waals surface area contributed by atoms with Crippen molar-refractivity contribution < 1.29 is 9.59 Å². The van der Waals surface area contributed by atoms with Crippen LogP contribution in [0.15, 0.2) is 16.7 Å². The topological polar surface area (TPSA) is 74.0 Å². The summed E-state index contributed by atoms with van der Waals surface area (Å²) in [6, 6.07) is 1.62. The van der Waals surface area contributed by atoms with E-state index in [-0.39, 0.29) is 11.8 Å². The van der Waals surface area contributed by atoms with Gasteiger partial charge in [-0.05, 0) is 22.0 Å². The zero-order chi connectivity index (χ0) is 12.3. The van der Waals surface area contributed by atoms with Crippen LogP contribution < -0.4 is 10.9 Å². The third kappa shape index (κ3) is 3.37. The van der Waals surface area contributed by atoms with Gasteiger partial charge >= 0.3 is 0 Å². The molecule has 0 atom stereocenters. The number of halogens is 1. The van der Waals surface area contributed by atoms with Gasteiger partial charge < -0.3 is 4.98 Å². The maximum atomic E-state index is 11.5. The molecule has 88 valence electrons. The summed E-state index contributed by atoms with van der Waals surface area (Å²) >= 11 is 3.21. The molecule has 2 amide bonds. The van der Waals surface area contributed by atoms with Crippen LogP contribution in [0.4, 0.5) is 0 Å². The number of nitrogens with one attached hydrogen (secondary N) is 3. The highest BCUT2D eigenvalue weighted by atomic mass is 79.9. The molecule has 0 bridgehead atoms. The van der Waals surface area contributed by atoms with Crippen molar-refractivity contribution in [2.24, 2.45) is 5.41 Å². The summed E-state index contributed by atoms with van der Waals surface area (Å²) in [5.41, 5.74) is 4.52. The first-order chi connectivity index (χ1) is 7.30. The lowest BCUT2D eigenvalue weighted by atomic mass is 9.96. The van der Waals surface area contributed by atoms with Crippen molar-refractivity contribution in [3.05, 3.63) is 22.4 Å². The van der Waals surface area contributed by atoms with Crippen molar-refractivity contribution in [2.75, 3.05) is 0 Å². The predicted molar refractivity (Wildman–Crippen MR) is 63.6 cm³/mol. The van der Waals surface area contributed by atoms with Gasteiger partial charge in [0, 0.05) is 16.1 Å². The number of amides is 2. The molecule has 0 aliphatic heterocycles. The molecule has 0 saturated heterocycles. The third-order valence-corrected chi connectivity index (χ3v) is 2.32. The highest BCUT2D eigenvalue weighted by Gasteiger charge is 2.21. The Morgan fingerprint density at radius 3 is 2.38 bits per heavy atom. The van der Waals surface area contributed by atoms with Crippen LogP contribution in [0.2, 0.25) is 0 Å². The van der Waals surface area contributed by atoms with Gasteiger partial charge in [-0.2, -0.15) is 0 Å². The Labute approximate surface area is 102 Å². The second-order valence-electron chi connectivity index (χ2n) is 4.39. The number of carbonyl (C=O) groups is 2. The van der Waals surface area contributed by atoms with Gasteiger partial charge in [-0.15, -0.1) is 0 Å². The van der Waals surface area contributed by atoms with Crippen LogP contribution in [0.3, 0.4) is 0 Å². The van der Waals surface area contributed by atoms with Crippen molar-refractivity contribution in [3.8, 4) is 0 Å². The second-order valence-corrected chi connectivity index (χ2v) is 5.31. The molecule has 0 aliphatic rings. The van der Waals surface area contributed by atoms with E-state index in [0.717, 1.165) is 4.47 Å². The molecular weight excluding hydrogens is 274 g/mol. The Morgan fingerprint density at radius 1 is 1.31 bits per heavy atom. The first-order valence-electron chi connectivity index (χ1n) is 4.75. The summed E-state index contributed by atoms with van der Waals surface area (Å²) in [6.45, 7) is 5.29. The van der Waals surface area contributed by atoms with Gasteiger partial charge in [-0.25, -0.2) is 0 Å². The van der Waals surface area contributed by atoms with Gasteiger partial charge in [0.1, 0.15) is 5.69 Å². The van der Waals surface area contributed by atoms with Gasteiger partial charge in [0.15, 0.2) is 0 Å².